The fourth-order valence-corrected chi connectivity index (χ4v) is 3.16. The number of hydrogen-bond donors (Lipinski definition) is 0. The Bertz CT molecular complexity index is 851. The molecule has 2 aromatic carbocycles. The molecule has 0 radical (unpaired) electrons. The van der Waals surface area contributed by atoms with Gasteiger partial charge in [0.1, 0.15) is 17.3 Å². The first-order valence-electron chi connectivity index (χ1n) is 8.81. The summed E-state index contributed by atoms with van der Waals surface area (Å²) < 4.78 is 26.3. The number of thioether (sulfide) groups is 1. The van der Waals surface area contributed by atoms with Crippen molar-refractivity contribution in [2.45, 2.75) is 18.5 Å². The van der Waals surface area contributed by atoms with Crippen LogP contribution in [-0.2, 0) is 7.05 Å². The second-order valence-electron chi connectivity index (χ2n) is 5.89. The van der Waals surface area contributed by atoms with Crippen LogP contribution in [0.15, 0.2) is 53.7 Å². The molecule has 0 unspecified atom stereocenters. The van der Waals surface area contributed by atoms with E-state index in [9.17, 15) is 4.39 Å². The quantitative estimate of drug-likeness (QED) is 0.397. The van der Waals surface area contributed by atoms with Crippen molar-refractivity contribution in [3.05, 3.63) is 54.3 Å². The molecule has 27 heavy (non-hydrogen) atoms. The molecule has 1 heterocycles. The first kappa shape index (κ1) is 19.2. The first-order chi connectivity index (χ1) is 13.2. The van der Waals surface area contributed by atoms with Gasteiger partial charge in [-0.15, -0.1) is 10.2 Å². The second-order valence-corrected chi connectivity index (χ2v) is 6.95. The summed E-state index contributed by atoms with van der Waals surface area (Å²) >= 11 is 1.56. The van der Waals surface area contributed by atoms with Crippen molar-refractivity contribution in [2.75, 3.05) is 19.0 Å². The normalized spacial score (nSPS) is 10.8. The van der Waals surface area contributed by atoms with E-state index in [1.54, 1.807) is 23.9 Å². The zero-order valence-corrected chi connectivity index (χ0v) is 16.2. The van der Waals surface area contributed by atoms with Crippen LogP contribution in [0.4, 0.5) is 4.39 Å². The summed E-state index contributed by atoms with van der Waals surface area (Å²) in [6.07, 6.45) is 0.987. The van der Waals surface area contributed by atoms with E-state index in [1.165, 1.54) is 12.1 Å². The monoisotopic (exact) mass is 387 g/mol. The lowest BCUT2D eigenvalue weighted by atomic mass is 10.2. The van der Waals surface area contributed by atoms with Gasteiger partial charge >= 0.3 is 0 Å². The Kier molecular flexibility index (Phi) is 6.70. The van der Waals surface area contributed by atoms with Gasteiger partial charge in [0.05, 0.1) is 13.2 Å². The third kappa shape index (κ3) is 5.23. The van der Waals surface area contributed by atoms with Gasteiger partial charge in [-0.25, -0.2) is 4.39 Å². The molecule has 0 saturated carbocycles. The average molecular weight is 387 g/mol. The van der Waals surface area contributed by atoms with Crippen LogP contribution in [-0.4, -0.2) is 33.7 Å². The highest BCUT2D eigenvalue weighted by molar-refractivity contribution is 7.99. The molecule has 5 nitrogen and oxygen atoms in total. The first-order valence-corrected chi connectivity index (χ1v) is 9.79. The molecule has 142 valence electrons. The number of benzene rings is 2. The third-order valence-corrected chi connectivity index (χ3v) is 4.80. The standard InChI is InChI=1S/C20H22FN3O2S/c1-3-12-25-17-8-10-18(11-9-17)26-13-14-27-20-23-22-19(24(20)2)15-4-6-16(21)7-5-15/h4-11H,3,12-14H2,1-2H3. The van der Waals surface area contributed by atoms with Crippen LogP contribution < -0.4 is 9.47 Å². The zero-order chi connectivity index (χ0) is 19.1. The van der Waals surface area contributed by atoms with E-state index in [1.807, 2.05) is 35.9 Å². The van der Waals surface area contributed by atoms with Crippen LogP contribution in [0, 0.1) is 5.82 Å². The maximum absolute atomic E-state index is 13.1. The minimum Gasteiger partial charge on any atom is -0.494 e. The molecule has 1 aromatic heterocycles. The van der Waals surface area contributed by atoms with Crippen LogP contribution in [0.2, 0.25) is 0 Å². The highest BCUT2D eigenvalue weighted by atomic mass is 32.2. The maximum Gasteiger partial charge on any atom is 0.191 e. The second kappa shape index (κ2) is 9.41. The molecule has 0 amide bonds. The number of aromatic nitrogens is 3. The predicted molar refractivity (Wildman–Crippen MR) is 105 cm³/mol. The lowest BCUT2D eigenvalue weighted by Crippen LogP contribution is -2.02. The largest absolute Gasteiger partial charge is 0.494 e. The third-order valence-electron chi connectivity index (χ3n) is 3.82. The van der Waals surface area contributed by atoms with Crippen molar-refractivity contribution in [2.24, 2.45) is 7.05 Å². The van der Waals surface area contributed by atoms with Crippen molar-refractivity contribution < 1.29 is 13.9 Å². The van der Waals surface area contributed by atoms with Gasteiger partial charge in [-0.3, -0.25) is 0 Å². The predicted octanol–water partition coefficient (Wildman–Crippen LogP) is 4.58. The summed E-state index contributed by atoms with van der Waals surface area (Å²) in [5, 5.41) is 9.20. The van der Waals surface area contributed by atoms with Gasteiger partial charge in [0.25, 0.3) is 0 Å². The summed E-state index contributed by atoms with van der Waals surface area (Å²) in [7, 11) is 1.90. The molecule has 0 atom stereocenters. The molecule has 0 bridgehead atoms. The molecule has 0 spiro atoms. The Morgan fingerprint density at radius 2 is 1.56 bits per heavy atom. The van der Waals surface area contributed by atoms with Crippen LogP contribution in [0.5, 0.6) is 11.5 Å². The van der Waals surface area contributed by atoms with E-state index < -0.39 is 0 Å². The Hall–Kier alpha value is -2.54. The van der Waals surface area contributed by atoms with E-state index in [0.717, 1.165) is 34.4 Å². The molecule has 3 aromatic rings. The van der Waals surface area contributed by atoms with Crippen LogP contribution in [0.25, 0.3) is 11.4 Å². The molecule has 7 heteroatoms. The van der Waals surface area contributed by atoms with Crippen LogP contribution >= 0.6 is 11.8 Å². The van der Waals surface area contributed by atoms with E-state index in [2.05, 4.69) is 17.1 Å². The molecule has 0 aliphatic carbocycles. The molecule has 3 rings (SSSR count). The summed E-state index contributed by atoms with van der Waals surface area (Å²) in [5.41, 5.74) is 0.833. The molecule has 0 aliphatic heterocycles. The Morgan fingerprint density at radius 3 is 2.19 bits per heavy atom. The average Bonchev–Trinajstić information content (AvgIpc) is 3.05. The molecule has 0 aliphatic rings. The van der Waals surface area contributed by atoms with E-state index in [4.69, 9.17) is 9.47 Å². The fraction of sp³-hybridized carbons (Fsp3) is 0.300. The number of hydrogen-bond acceptors (Lipinski definition) is 5. The molecule has 0 fully saturated rings. The molecule has 0 N–H and O–H groups in total. The van der Waals surface area contributed by atoms with Gasteiger partial charge in [-0.05, 0) is 55.0 Å². The molecule has 0 saturated heterocycles. The number of nitrogens with zero attached hydrogens (tertiary/aromatic N) is 3. The van der Waals surface area contributed by atoms with E-state index in [-0.39, 0.29) is 5.82 Å². The van der Waals surface area contributed by atoms with Crippen molar-refractivity contribution in [1.29, 1.82) is 0 Å². The minimum atomic E-state index is -0.266. The lowest BCUT2D eigenvalue weighted by Gasteiger charge is -2.08. The number of rotatable bonds is 9. The Morgan fingerprint density at radius 1 is 0.926 bits per heavy atom. The summed E-state index contributed by atoms with van der Waals surface area (Å²) in [6.45, 7) is 3.35. The fourth-order valence-electron chi connectivity index (χ4n) is 2.44. The van der Waals surface area contributed by atoms with Crippen molar-refractivity contribution in [3.8, 4) is 22.9 Å². The molecular formula is C20H22FN3O2S. The van der Waals surface area contributed by atoms with Crippen molar-refractivity contribution >= 4 is 11.8 Å². The van der Waals surface area contributed by atoms with Gasteiger partial charge in [-0.2, -0.15) is 0 Å². The van der Waals surface area contributed by atoms with Gasteiger partial charge in [0.2, 0.25) is 0 Å². The lowest BCUT2D eigenvalue weighted by molar-refractivity contribution is 0.314. The summed E-state index contributed by atoms with van der Waals surface area (Å²) in [4.78, 5) is 0. The van der Waals surface area contributed by atoms with Gasteiger partial charge in [0, 0.05) is 18.4 Å². The highest BCUT2D eigenvalue weighted by Gasteiger charge is 2.11. The van der Waals surface area contributed by atoms with Crippen molar-refractivity contribution in [1.82, 2.24) is 14.8 Å². The smallest absolute Gasteiger partial charge is 0.191 e. The van der Waals surface area contributed by atoms with Gasteiger partial charge in [-0.1, -0.05) is 18.7 Å². The SMILES string of the molecule is CCCOc1ccc(OCCSc2nnc(-c3ccc(F)cc3)n2C)cc1. The number of halogens is 1. The van der Waals surface area contributed by atoms with Crippen LogP contribution in [0.3, 0.4) is 0 Å². The van der Waals surface area contributed by atoms with Gasteiger partial charge in [0.15, 0.2) is 11.0 Å². The minimum absolute atomic E-state index is 0.266. The summed E-state index contributed by atoms with van der Waals surface area (Å²) in [5.74, 6) is 2.85. The van der Waals surface area contributed by atoms with Crippen molar-refractivity contribution in [3.63, 3.8) is 0 Å². The topological polar surface area (TPSA) is 49.2 Å². The number of ether oxygens (including phenoxy) is 2. The van der Waals surface area contributed by atoms with E-state index in [0.29, 0.717) is 19.0 Å². The Balaban J connectivity index is 1.49. The molecular weight excluding hydrogens is 365 g/mol. The summed E-state index contributed by atoms with van der Waals surface area (Å²) in [6, 6.07) is 13.9. The van der Waals surface area contributed by atoms with E-state index >= 15 is 0 Å². The Labute approximate surface area is 162 Å². The highest BCUT2D eigenvalue weighted by Crippen LogP contribution is 2.23. The van der Waals surface area contributed by atoms with Crippen LogP contribution in [0.1, 0.15) is 13.3 Å². The van der Waals surface area contributed by atoms with Gasteiger partial charge < -0.3 is 14.0 Å². The maximum atomic E-state index is 13.1. The zero-order valence-electron chi connectivity index (χ0n) is 15.4.